The molecule has 0 unspecified atom stereocenters. The minimum absolute atomic E-state index is 0.201. The third-order valence-electron chi connectivity index (χ3n) is 5.44. The van der Waals surface area contributed by atoms with Gasteiger partial charge in [-0.15, -0.1) is 11.8 Å². The number of hydrogen-bond donors (Lipinski definition) is 0. The second-order valence-electron chi connectivity index (χ2n) is 7.46. The molecule has 0 atom stereocenters. The van der Waals surface area contributed by atoms with E-state index in [1.165, 1.54) is 37.3 Å². The summed E-state index contributed by atoms with van der Waals surface area (Å²) in [7, 11) is 0. The third-order valence-corrected chi connectivity index (χ3v) is 5.44. The van der Waals surface area contributed by atoms with Crippen molar-refractivity contribution in [2.24, 2.45) is 5.92 Å². The van der Waals surface area contributed by atoms with E-state index in [0.29, 0.717) is 17.0 Å². The molecule has 1 fully saturated rings. The smallest absolute Gasteiger partial charge is 0.127 e. The standard InChI is InChI=1S/C26H27F/c1-3-4-5-6-21-11-15-24(16-12-21)25-17-13-22(14-18-25)9-10-23-8-7-20(2)26(27)19-23/h7-8,13-14,17-19,21,24H,3,6,11-12,15-16H2,1-2H3. The lowest BCUT2D eigenvalue weighted by atomic mass is 9.77. The molecule has 0 N–H and O–H groups in total. The van der Waals surface area contributed by atoms with Crippen LogP contribution in [0.3, 0.4) is 0 Å². The van der Waals surface area contributed by atoms with Crippen molar-refractivity contribution in [3.05, 3.63) is 70.5 Å². The van der Waals surface area contributed by atoms with E-state index in [1.54, 1.807) is 13.0 Å². The quantitative estimate of drug-likeness (QED) is 0.530. The van der Waals surface area contributed by atoms with E-state index >= 15 is 0 Å². The summed E-state index contributed by atoms with van der Waals surface area (Å²) in [6.45, 7) is 3.87. The van der Waals surface area contributed by atoms with E-state index in [1.807, 2.05) is 6.07 Å². The molecule has 0 bridgehead atoms. The highest BCUT2D eigenvalue weighted by Crippen LogP contribution is 2.36. The maximum absolute atomic E-state index is 13.6. The Morgan fingerprint density at radius 2 is 1.56 bits per heavy atom. The fourth-order valence-corrected chi connectivity index (χ4v) is 3.69. The van der Waals surface area contributed by atoms with Crippen LogP contribution in [0.15, 0.2) is 42.5 Å². The molecule has 0 nitrogen and oxygen atoms in total. The Morgan fingerprint density at radius 1 is 0.889 bits per heavy atom. The predicted octanol–water partition coefficient (Wildman–Crippen LogP) is 6.61. The maximum Gasteiger partial charge on any atom is 0.127 e. The van der Waals surface area contributed by atoms with Crippen molar-refractivity contribution in [1.29, 1.82) is 0 Å². The molecule has 2 aromatic rings. The lowest BCUT2D eigenvalue weighted by molar-refractivity contribution is 0.331. The van der Waals surface area contributed by atoms with Crippen LogP contribution in [0.1, 0.15) is 73.6 Å². The highest BCUT2D eigenvalue weighted by Gasteiger charge is 2.21. The zero-order chi connectivity index (χ0) is 19.1. The Balaban J connectivity index is 1.58. The average Bonchev–Trinajstić information content (AvgIpc) is 2.70. The van der Waals surface area contributed by atoms with Crippen molar-refractivity contribution < 1.29 is 4.39 Å². The van der Waals surface area contributed by atoms with Crippen LogP contribution in [0.5, 0.6) is 0 Å². The van der Waals surface area contributed by atoms with Gasteiger partial charge in [0.2, 0.25) is 0 Å². The van der Waals surface area contributed by atoms with E-state index in [0.717, 1.165) is 24.3 Å². The van der Waals surface area contributed by atoms with Gasteiger partial charge < -0.3 is 0 Å². The number of aryl methyl sites for hydroxylation is 1. The zero-order valence-electron chi connectivity index (χ0n) is 16.3. The molecule has 0 saturated heterocycles. The number of benzene rings is 2. The number of rotatable bonds is 2. The molecule has 27 heavy (non-hydrogen) atoms. The van der Waals surface area contributed by atoms with E-state index in [2.05, 4.69) is 54.9 Å². The molecule has 0 spiro atoms. The fraction of sp³-hybridized carbons (Fsp3) is 0.385. The topological polar surface area (TPSA) is 0 Å². The van der Waals surface area contributed by atoms with Crippen LogP contribution < -0.4 is 0 Å². The van der Waals surface area contributed by atoms with Gasteiger partial charge in [-0.1, -0.05) is 37.0 Å². The highest BCUT2D eigenvalue weighted by atomic mass is 19.1. The SMILES string of the molecule is CCC#CCC1CCC(c2ccc(C#Cc3ccc(C)c(F)c3)cc2)CC1. The molecule has 1 aliphatic carbocycles. The first-order valence-corrected chi connectivity index (χ1v) is 9.99. The molecular formula is C26H27F. The van der Waals surface area contributed by atoms with E-state index < -0.39 is 0 Å². The van der Waals surface area contributed by atoms with Gasteiger partial charge in [0.1, 0.15) is 5.82 Å². The Labute approximate surface area is 163 Å². The van der Waals surface area contributed by atoms with Crippen molar-refractivity contribution in [2.75, 3.05) is 0 Å². The van der Waals surface area contributed by atoms with Crippen LogP contribution >= 0.6 is 0 Å². The van der Waals surface area contributed by atoms with E-state index in [4.69, 9.17) is 0 Å². The molecule has 3 rings (SSSR count). The van der Waals surface area contributed by atoms with Gasteiger partial charge >= 0.3 is 0 Å². The van der Waals surface area contributed by atoms with Gasteiger partial charge in [0.15, 0.2) is 0 Å². The lowest BCUT2D eigenvalue weighted by Crippen LogP contribution is -2.12. The Hall–Kier alpha value is -2.51. The molecule has 0 aliphatic heterocycles. The summed E-state index contributed by atoms with van der Waals surface area (Å²) in [6.07, 6.45) is 7.10. The van der Waals surface area contributed by atoms with Crippen molar-refractivity contribution in [3.63, 3.8) is 0 Å². The van der Waals surface area contributed by atoms with Crippen LogP contribution in [0.2, 0.25) is 0 Å². The highest BCUT2D eigenvalue weighted by molar-refractivity contribution is 5.44. The van der Waals surface area contributed by atoms with Crippen LogP contribution in [-0.4, -0.2) is 0 Å². The first kappa shape index (κ1) is 19.3. The summed E-state index contributed by atoms with van der Waals surface area (Å²) in [4.78, 5) is 0. The molecule has 1 aliphatic rings. The molecule has 0 aromatic heterocycles. The summed E-state index contributed by atoms with van der Waals surface area (Å²) >= 11 is 0. The zero-order valence-corrected chi connectivity index (χ0v) is 16.3. The molecule has 1 saturated carbocycles. The van der Waals surface area contributed by atoms with Crippen molar-refractivity contribution >= 4 is 0 Å². The van der Waals surface area contributed by atoms with Gasteiger partial charge in [0.25, 0.3) is 0 Å². The third kappa shape index (κ3) is 5.48. The molecule has 138 valence electrons. The van der Waals surface area contributed by atoms with Crippen LogP contribution in [-0.2, 0) is 0 Å². The van der Waals surface area contributed by atoms with E-state index in [-0.39, 0.29) is 5.82 Å². The molecular weight excluding hydrogens is 331 g/mol. The summed E-state index contributed by atoms with van der Waals surface area (Å²) in [5, 5.41) is 0. The van der Waals surface area contributed by atoms with Gasteiger partial charge in [-0.25, -0.2) is 4.39 Å². The van der Waals surface area contributed by atoms with E-state index in [9.17, 15) is 4.39 Å². The summed E-state index contributed by atoms with van der Waals surface area (Å²) in [6, 6.07) is 13.7. The fourth-order valence-electron chi connectivity index (χ4n) is 3.69. The minimum atomic E-state index is -0.201. The Morgan fingerprint density at radius 3 is 2.22 bits per heavy atom. The number of halogens is 1. The second-order valence-corrected chi connectivity index (χ2v) is 7.46. The van der Waals surface area contributed by atoms with Crippen LogP contribution in [0.4, 0.5) is 4.39 Å². The molecule has 1 heteroatoms. The van der Waals surface area contributed by atoms with Gasteiger partial charge in [0.05, 0.1) is 0 Å². The average molecular weight is 359 g/mol. The first-order chi connectivity index (χ1) is 13.2. The molecule has 0 heterocycles. The summed E-state index contributed by atoms with van der Waals surface area (Å²) < 4.78 is 13.6. The monoisotopic (exact) mass is 358 g/mol. The Kier molecular flexibility index (Phi) is 6.73. The van der Waals surface area contributed by atoms with Crippen LogP contribution in [0.25, 0.3) is 0 Å². The van der Waals surface area contributed by atoms with Gasteiger partial charge in [-0.2, -0.15) is 0 Å². The largest absolute Gasteiger partial charge is 0.207 e. The molecule has 2 aromatic carbocycles. The minimum Gasteiger partial charge on any atom is -0.207 e. The van der Waals surface area contributed by atoms with Crippen molar-refractivity contribution in [1.82, 2.24) is 0 Å². The molecule has 0 amide bonds. The normalized spacial score (nSPS) is 18.8. The molecule has 0 radical (unpaired) electrons. The predicted molar refractivity (Wildman–Crippen MR) is 111 cm³/mol. The maximum atomic E-state index is 13.6. The van der Waals surface area contributed by atoms with Crippen LogP contribution in [0, 0.1) is 42.3 Å². The second kappa shape index (κ2) is 9.43. The van der Waals surface area contributed by atoms with Crippen molar-refractivity contribution in [3.8, 4) is 23.7 Å². The summed E-state index contributed by atoms with van der Waals surface area (Å²) in [5.74, 6) is 13.9. The lowest BCUT2D eigenvalue weighted by Gasteiger charge is -2.27. The number of hydrogen-bond acceptors (Lipinski definition) is 0. The Bertz CT molecular complexity index is 876. The van der Waals surface area contributed by atoms with Gasteiger partial charge in [-0.3, -0.25) is 0 Å². The first-order valence-electron chi connectivity index (χ1n) is 9.99. The van der Waals surface area contributed by atoms with Gasteiger partial charge in [-0.05, 0) is 79.8 Å². The van der Waals surface area contributed by atoms with Gasteiger partial charge in [0, 0.05) is 24.0 Å². The van der Waals surface area contributed by atoms with Crippen molar-refractivity contribution in [2.45, 2.75) is 58.3 Å². The summed E-state index contributed by atoms with van der Waals surface area (Å²) in [5.41, 5.74) is 3.76.